The molecule has 3 aromatic carbocycles. The number of ether oxygens (including phenoxy) is 1. The van der Waals surface area contributed by atoms with Gasteiger partial charge in [-0.25, -0.2) is 9.19 Å². The number of nitrogens with one attached hydrogen (secondary N) is 2. The third kappa shape index (κ3) is 5.09. The maximum Gasteiger partial charge on any atom is 0.183 e. The van der Waals surface area contributed by atoms with Gasteiger partial charge in [0, 0.05) is 12.2 Å². The summed E-state index contributed by atoms with van der Waals surface area (Å²) in [4.78, 5) is 6.19. The molecule has 0 saturated carbocycles. The van der Waals surface area contributed by atoms with Crippen molar-refractivity contribution < 1.29 is 14.1 Å². The molecule has 0 fully saturated rings. The van der Waals surface area contributed by atoms with Gasteiger partial charge < -0.3 is 19.9 Å². The quantitative estimate of drug-likeness (QED) is 0.296. The van der Waals surface area contributed by atoms with Gasteiger partial charge in [0.25, 0.3) is 0 Å². The Morgan fingerprint density at radius 2 is 1.81 bits per heavy atom. The zero-order chi connectivity index (χ0) is 22.5. The van der Waals surface area contributed by atoms with Gasteiger partial charge in [0.15, 0.2) is 16.1 Å². The third-order valence-electron chi connectivity index (χ3n) is 4.79. The SMILES string of the molecule is COc1ccc(-c2sc(NCc3ccccc3)nc2C)cc1S(=O)Nc1ccc(O)cc1. The van der Waals surface area contributed by atoms with Gasteiger partial charge in [-0.1, -0.05) is 41.7 Å². The van der Waals surface area contributed by atoms with E-state index in [2.05, 4.69) is 27.2 Å². The average Bonchev–Trinajstić information content (AvgIpc) is 3.20. The van der Waals surface area contributed by atoms with Crippen LogP contribution in [0.25, 0.3) is 10.4 Å². The number of phenolic OH excluding ortho intramolecular Hbond substituents is 1. The standard InChI is InChI=1S/C24H23N3O3S2/c1-16-23(31-24(26-16)25-15-17-6-4-3-5-7-17)18-8-13-21(30-2)22(14-18)32(29)27-19-9-11-20(28)12-10-19/h3-14,27-28H,15H2,1-2H3,(H,25,26). The minimum absolute atomic E-state index is 0.151. The average molecular weight is 466 g/mol. The molecule has 1 aromatic heterocycles. The zero-order valence-electron chi connectivity index (χ0n) is 17.7. The second kappa shape index (κ2) is 9.84. The van der Waals surface area contributed by atoms with Crippen molar-refractivity contribution in [2.45, 2.75) is 18.4 Å². The second-order valence-corrected chi connectivity index (χ2v) is 9.24. The largest absolute Gasteiger partial charge is 0.508 e. The number of rotatable bonds is 8. The molecule has 1 unspecified atom stereocenters. The Morgan fingerprint density at radius 3 is 2.53 bits per heavy atom. The Balaban J connectivity index is 1.57. The van der Waals surface area contributed by atoms with Gasteiger partial charge in [0.1, 0.15) is 16.4 Å². The number of benzene rings is 3. The van der Waals surface area contributed by atoms with Gasteiger partial charge in [-0.2, -0.15) is 0 Å². The normalized spacial score (nSPS) is 11.7. The minimum Gasteiger partial charge on any atom is -0.508 e. The number of nitrogens with zero attached hydrogens (tertiary/aromatic N) is 1. The molecule has 4 rings (SSSR count). The molecule has 164 valence electrons. The van der Waals surface area contributed by atoms with E-state index >= 15 is 0 Å². The molecule has 0 amide bonds. The minimum atomic E-state index is -1.55. The summed E-state index contributed by atoms with van der Waals surface area (Å²) in [5, 5.41) is 13.7. The maximum absolute atomic E-state index is 13.0. The fourth-order valence-electron chi connectivity index (χ4n) is 3.17. The first-order valence-electron chi connectivity index (χ1n) is 9.94. The van der Waals surface area contributed by atoms with Gasteiger partial charge in [-0.15, -0.1) is 0 Å². The molecule has 0 spiro atoms. The van der Waals surface area contributed by atoms with E-state index in [0.29, 0.717) is 22.9 Å². The smallest absolute Gasteiger partial charge is 0.183 e. The van der Waals surface area contributed by atoms with Crippen LogP contribution in [0.15, 0.2) is 77.7 Å². The molecule has 4 aromatic rings. The Hall–Kier alpha value is -3.36. The summed E-state index contributed by atoms with van der Waals surface area (Å²) in [6.07, 6.45) is 0. The molecule has 0 aliphatic carbocycles. The van der Waals surface area contributed by atoms with Crippen LogP contribution in [0.3, 0.4) is 0 Å². The topological polar surface area (TPSA) is 83.5 Å². The van der Waals surface area contributed by atoms with Crippen molar-refractivity contribution in [1.82, 2.24) is 4.98 Å². The fraction of sp³-hybridized carbons (Fsp3) is 0.125. The van der Waals surface area contributed by atoms with Crippen LogP contribution in [0.2, 0.25) is 0 Å². The first-order valence-corrected chi connectivity index (χ1v) is 11.9. The van der Waals surface area contributed by atoms with Crippen molar-refractivity contribution >= 4 is 33.1 Å². The highest BCUT2D eigenvalue weighted by Gasteiger charge is 2.16. The molecule has 6 nitrogen and oxygen atoms in total. The highest BCUT2D eigenvalue weighted by atomic mass is 32.2. The second-order valence-electron chi connectivity index (χ2n) is 7.06. The maximum atomic E-state index is 13.0. The lowest BCUT2D eigenvalue weighted by molar-refractivity contribution is 0.404. The van der Waals surface area contributed by atoms with Crippen molar-refractivity contribution in [3.8, 4) is 21.9 Å². The highest BCUT2D eigenvalue weighted by Crippen LogP contribution is 2.36. The van der Waals surface area contributed by atoms with E-state index in [1.54, 1.807) is 30.6 Å². The van der Waals surface area contributed by atoms with Gasteiger partial charge >= 0.3 is 0 Å². The summed E-state index contributed by atoms with van der Waals surface area (Å²) in [5.74, 6) is 0.682. The van der Waals surface area contributed by atoms with Crippen molar-refractivity contribution in [3.05, 3.63) is 84.1 Å². The molecule has 1 atom stereocenters. The van der Waals surface area contributed by atoms with E-state index in [1.807, 2.05) is 43.3 Å². The van der Waals surface area contributed by atoms with E-state index in [-0.39, 0.29) is 5.75 Å². The lowest BCUT2D eigenvalue weighted by atomic mass is 10.1. The lowest BCUT2D eigenvalue weighted by Crippen LogP contribution is -2.06. The summed E-state index contributed by atoms with van der Waals surface area (Å²) < 4.78 is 21.4. The van der Waals surface area contributed by atoms with Gasteiger partial charge in [-0.05, 0) is 60.5 Å². The molecule has 0 bridgehead atoms. The van der Waals surface area contributed by atoms with Crippen molar-refractivity contribution in [3.63, 3.8) is 0 Å². The lowest BCUT2D eigenvalue weighted by Gasteiger charge is -2.12. The van der Waals surface area contributed by atoms with Gasteiger partial charge in [0.05, 0.1) is 17.7 Å². The van der Waals surface area contributed by atoms with E-state index < -0.39 is 11.0 Å². The molecule has 32 heavy (non-hydrogen) atoms. The Morgan fingerprint density at radius 1 is 1.06 bits per heavy atom. The molecular weight excluding hydrogens is 442 g/mol. The number of aromatic nitrogens is 1. The number of hydrogen-bond acceptors (Lipinski definition) is 6. The number of phenols is 1. The first-order chi connectivity index (χ1) is 15.5. The Labute approximate surface area is 193 Å². The molecule has 0 aliphatic heterocycles. The number of aromatic hydroxyl groups is 1. The van der Waals surface area contributed by atoms with E-state index in [1.165, 1.54) is 17.7 Å². The Bertz CT molecular complexity index is 1230. The van der Waals surface area contributed by atoms with Crippen molar-refractivity contribution in [2.24, 2.45) is 0 Å². The van der Waals surface area contributed by atoms with Crippen LogP contribution >= 0.6 is 11.3 Å². The summed E-state index contributed by atoms with van der Waals surface area (Å²) in [6.45, 7) is 2.66. The van der Waals surface area contributed by atoms with Crippen LogP contribution in [0.5, 0.6) is 11.5 Å². The van der Waals surface area contributed by atoms with Crippen LogP contribution < -0.4 is 14.8 Å². The number of methoxy groups -OCH3 is 1. The summed E-state index contributed by atoms with van der Waals surface area (Å²) in [7, 11) is 0.00272. The van der Waals surface area contributed by atoms with E-state index in [0.717, 1.165) is 21.3 Å². The monoisotopic (exact) mass is 465 g/mol. The van der Waals surface area contributed by atoms with Crippen LogP contribution in [0.4, 0.5) is 10.8 Å². The molecule has 0 aliphatic rings. The van der Waals surface area contributed by atoms with Crippen LogP contribution in [-0.4, -0.2) is 21.4 Å². The van der Waals surface area contributed by atoms with E-state index in [9.17, 15) is 9.32 Å². The van der Waals surface area contributed by atoms with Crippen LogP contribution in [-0.2, 0) is 17.5 Å². The highest BCUT2D eigenvalue weighted by molar-refractivity contribution is 7.86. The summed E-state index contributed by atoms with van der Waals surface area (Å²) in [6, 6.07) is 22.2. The fourth-order valence-corrected chi connectivity index (χ4v) is 5.15. The summed E-state index contributed by atoms with van der Waals surface area (Å²) in [5.41, 5.74) is 3.64. The number of hydrogen-bond donors (Lipinski definition) is 3. The number of aryl methyl sites for hydroxylation is 1. The molecule has 1 heterocycles. The number of anilines is 2. The first kappa shape index (κ1) is 21.9. The molecule has 0 saturated heterocycles. The predicted molar refractivity (Wildman–Crippen MR) is 131 cm³/mol. The Kier molecular flexibility index (Phi) is 6.72. The molecular formula is C24H23N3O3S2. The van der Waals surface area contributed by atoms with Crippen molar-refractivity contribution in [1.29, 1.82) is 0 Å². The molecule has 0 radical (unpaired) electrons. The third-order valence-corrected chi connectivity index (χ3v) is 7.09. The number of thiazole rings is 1. The molecule has 3 N–H and O–H groups in total. The van der Waals surface area contributed by atoms with Gasteiger partial charge in [-0.3, -0.25) is 0 Å². The molecule has 8 heteroatoms. The van der Waals surface area contributed by atoms with Crippen molar-refractivity contribution in [2.75, 3.05) is 17.1 Å². The summed E-state index contributed by atoms with van der Waals surface area (Å²) >= 11 is 1.56. The predicted octanol–water partition coefficient (Wildman–Crippen LogP) is 5.58. The van der Waals surface area contributed by atoms with E-state index in [4.69, 9.17) is 4.74 Å². The van der Waals surface area contributed by atoms with Crippen LogP contribution in [0.1, 0.15) is 11.3 Å². The zero-order valence-corrected chi connectivity index (χ0v) is 19.3. The van der Waals surface area contributed by atoms with Gasteiger partial charge in [0.2, 0.25) is 0 Å². The van der Waals surface area contributed by atoms with Crippen LogP contribution in [0, 0.1) is 6.92 Å².